The first-order valence-electron chi connectivity index (χ1n) is 5.47. The zero-order valence-corrected chi connectivity index (χ0v) is 10.7. The lowest BCUT2D eigenvalue weighted by molar-refractivity contribution is 0.593. The molecule has 0 saturated heterocycles. The Labute approximate surface area is 100 Å². The number of hydrogen-bond acceptors (Lipinski definition) is 3. The summed E-state index contributed by atoms with van der Waals surface area (Å²) in [6.45, 7) is 5.25. The van der Waals surface area contributed by atoms with Crippen LogP contribution in [-0.2, 0) is 7.05 Å². The van der Waals surface area contributed by atoms with Crippen molar-refractivity contribution in [3.63, 3.8) is 0 Å². The molecule has 0 aliphatic rings. The summed E-state index contributed by atoms with van der Waals surface area (Å²) < 4.78 is 2.07. The van der Waals surface area contributed by atoms with Gasteiger partial charge in [0, 0.05) is 11.9 Å². The van der Waals surface area contributed by atoms with Crippen molar-refractivity contribution in [1.29, 1.82) is 0 Å². The molecule has 0 aliphatic carbocycles. The Morgan fingerprint density at radius 2 is 2.38 bits per heavy atom. The minimum atomic E-state index is 0.253. The lowest BCUT2D eigenvalue weighted by Crippen LogP contribution is -2.24. The quantitative estimate of drug-likeness (QED) is 0.882. The minimum Gasteiger partial charge on any atom is -0.336 e. The maximum atomic E-state index is 4.19. The molecule has 86 valence electrons. The molecule has 2 rings (SSSR count). The average molecular weight is 235 g/mol. The van der Waals surface area contributed by atoms with Gasteiger partial charge in [0.1, 0.15) is 0 Å². The first-order chi connectivity index (χ1) is 7.74. The van der Waals surface area contributed by atoms with Crippen LogP contribution in [0.15, 0.2) is 24.0 Å². The molecule has 0 fully saturated rings. The van der Waals surface area contributed by atoms with Gasteiger partial charge in [-0.1, -0.05) is 6.92 Å². The van der Waals surface area contributed by atoms with Crippen molar-refractivity contribution in [3.8, 4) is 0 Å². The maximum absolute atomic E-state index is 4.19. The highest BCUT2D eigenvalue weighted by Gasteiger charge is 2.18. The highest BCUT2D eigenvalue weighted by Crippen LogP contribution is 2.27. The van der Waals surface area contributed by atoms with E-state index < -0.39 is 0 Å². The Morgan fingerprint density at radius 3 is 2.88 bits per heavy atom. The third-order valence-corrected chi connectivity index (χ3v) is 3.63. The van der Waals surface area contributed by atoms with Crippen molar-refractivity contribution in [2.45, 2.75) is 19.9 Å². The summed E-state index contributed by atoms with van der Waals surface area (Å²) in [5.74, 6) is 0. The van der Waals surface area contributed by atoms with Gasteiger partial charge in [-0.25, -0.2) is 4.98 Å². The Kier molecular flexibility index (Phi) is 3.41. The number of imidazole rings is 1. The lowest BCUT2D eigenvalue weighted by atomic mass is 10.1. The highest BCUT2D eigenvalue weighted by atomic mass is 32.1. The maximum Gasteiger partial charge on any atom is 0.0946 e. The molecular weight excluding hydrogens is 218 g/mol. The molecule has 2 aromatic heterocycles. The number of hydrogen-bond donors (Lipinski definition) is 1. The first-order valence-corrected chi connectivity index (χ1v) is 6.35. The molecule has 0 amide bonds. The fourth-order valence-electron chi connectivity index (χ4n) is 1.92. The number of rotatable bonds is 4. The van der Waals surface area contributed by atoms with Crippen molar-refractivity contribution in [3.05, 3.63) is 40.1 Å². The monoisotopic (exact) mass is 235 g/mol. The normalized spacial score (nSPS) is 12.9. The molecule has 2 heterocycles. The molecule has 16 heavy (non-hydrogen) atoms. The van der Waals surface area contributed by atoms with Crippen LogP contribution in [0.1, 0.15) is 29.1 Å². The molecule has 4 heteroatoms. The van der Waals surface area contributed by atoms with Gasteiger partial charge in [-0.3, -0.25) is 0 Å². The van der Waals surface area contributed by atoms with Crippen molar-refractivity contribution < 1.29 is 0 Å². The Bertz CT molecular complexity index is 418. The van der Waals surface area contributed by atoms with E-state index in [1.165, 1.54) is 16.1 Å². The second-order valence-corrected chi connectivity index (χ2v) is 4.97. The molecule has 0 aromatic carbocycles. The highest BCUT2D eigenvalue weighted by molar-refractivity contribution is 7.10. The van der Waals surface area contributed by atoms with E-state index >= 15 is 0 Å². The second kappa shape index (κ2) is 4.80. The van der Waals surface area contributed by atoms with Crippen molar-refractivity contribution in [2.24, 2.45) is 7.05 Å². The number of aryl methyl sites for hydroxylation is 2. The second-order valence-electron chi connectivity index (χ2n) is 3.85. The van der Waals surface area contributed by atoms with Gasteiger partial charge in [-0.2, -0.15) is 0 Å². The largest absolute Gasteiger partial charge is 0.336 e. The summed E-state index contributed by atoms with van der Waals surface area (Å²) in [5.41, 5.74) is 2.57. The predicted molar refractivity (Wildman–Crippen MR) is 67.8 cm³/mol. The molecule has 0 spiro atoms. The van der Waals surface area contributed by atoms with Crippen LogP contribution in [0.5, 0.6) is 0 Å². The standard InChI is InChI=1S/C12H17N3S/c1-4-14-12(10-5-6-16-9(10)2)11-7-13-8-15(11)3/h5-8,12,14H,4H2,1-3H3. The van der Waals surface area contributed by atoms with E-state index in [1.807, 2.05) is 19.6 Å². The van der Waals surface area contributed by atoms with Crippen molar-refractivity contribution in [1.82, 2.24) is 14.9 Å². The van der Waals surface area contributed by atoms with Crippen LogP contribution in [0, 0.1) is 6.92 Å². The van der Waals surface area contributed by atoms with Crippen LogP contribution in [0.3, 0.4) is 0 Å². The Hall–Kier alpha value is -1.13. The minimum absolute atomic E-state index is 0.253. The molecule has 0 saturated carbocycles. The summed E-state index contributed by atoms with van der Waals surface area (Å²) in [7, 11) is 2.04. The summed E-state index contributed by atoms with van der Waals surface area (Å²) in [4.78, 5) is 5.56. The Morgan fingerprint density at radius 1 is 1.56 bits per heavy atom. The van der Waals surface area contributed by atoms with E-state index in [-0.39, 0.29) is 6.04 Å². The van der Waals surface area contributed by atoms with Crippen LogP contribution in [0.4, 0.5) is 0 Å². The molecule has 3 nitrogen and oxygen atoms in total. The smallest absolute Gasteiger partial charge is 0.0946 e. The number of nitrogens with one attached hydrogen (secondary N) is 1. The molecule has 1 N–H and O–H groups in total. The van der Waals surface area contributed by atoms with Crippen LogP contribution < -0.4 is 5.32 Å². The third-order valence-electron chi connectivity index (χ3n) is 2.77. The van der Waals surface area contributed by atoms with E-state index in [1.54, 1.807) is 11.3 Å². The third kappa shape index (κ3) is 2.03. The summed E-state index contributed by atoms with van der Waals surface area (Å²) in [6.07, 6.45) is 3.78. The molecule has 1 atom stereocenters. The van der Waals surface area contributed by atoms with E-state index in [0.29, 0.717) is 0 Å². The van der Waals surface area contributed by atoms with Crippen molar-refractivity contribution in [2.75, 3.05) is 6.54 Å². The average Bonchev–Trinajstić information content (AvgIpc) is 2.84. The number of nitrogens with zero attached hydrogens (tertiary/aromatic N) is 2. The van der Waals surface area contributed by atoms with Gasteiger partial charge in [0.25, 0.3) is 0 Å². The predicted octanol–water partition coefficient (Wildman–Crippen LogP) is 2.49. The topological polar surface area (TPSA) is 29.9 Å². The fraction of sp³-hybridized carbons (Fsp3) is 0.417. The SMILES string of the molecule is CCNC(c1ccsc1C)c1cncn1C. The number of aromatic nitrogens is 2. The molecule has 0 aliphatic heterocycles. The summed E-state index contributed by atoms with van der Waals surface area (Å²) >= 11 is 1.79. The van der Waals surface area contributed by atoms with E-state index in [0.717, 1.165) is 6.54 Å². The van der Waals surface area contributed by atoms with E-state index in [9.17, 15) is 0 Å². The van der Waals surface area contributed by atoms with E-state index in [2.05, 4.69) is 40.2 Å². The van der Waals surface area contributed by atoms with Gasteiger partial charge in [0.15, 0.2) is 0 Å². The van der Waals surface area contributed by atoms with Gasteiger partial charge >= 0.3 is 0 Å². The first kappa shape index (κ1) is 11.4. The van der Waals surface area contributed by atoms with Crippen LogP contribution in [-0.4, -0.2) is 16.1 Å². The zero-order chi connectivity index (χ0) is 11.5. The van der Waals surface area contributed by atoms with Crippen molar-refractivity contribution >= 4 is 11.3 Å². The fourth-order valence-corrected chi connectivity index (χ4v) is 2.66. The van der Waals surface area contributed by atoms with Gasteiger partial charge in [0.2, 0.25) is 0 Å². The molecule has 0 radical (unpaired) electrons. The summed E-state index contributed by atoms with van der Waals surface area (Å²) in [5, 5.41) is 5.66. The van der Waals surface area contributed by atoms with Gasteiger partial charge < -0.3 is 9.88 Å². The van der Waals surface area contributed by atoms with Crippen LogP contribution in [0.25, 0.3) is 0 Å². The molecule has 2 aromatic rings. The lowest BCUT2D eigenvalue weighted by Gasteiger charge is -2.18. The number of thiophene rings is 1. The van der Waals surface area contributed by atoms with Crippen LogP contribution >= 0.6 is 11.3 Å². The van der Waals surface area contributed by atoms with Gasteiger partial charge in [0.05, 0.1) is 24.3 Å². The Balaban J connectivity index is 2.39. The van der Waals surface area contributed by atoms with E-state index in [4.69, 9.17) is 0 Å². The zero-order valence-electron chi connectivity index (χ0n) is 9.90. The van der Waals surface area contributed by atoms with Gasteiger partial charge in [-0.15, -0.1) is 11.3 Å². The van der Waals surface area contributed by atoms with Crippen LogP contribution in [0.2, 0.25) is 0 Å². The van der Waals surface area contributed by atoms with Gasteiger partial charge in [-0.05, 0) is 30.5 Å². The molecular formula is C12H17N3S. The summed E-state index contributed by atoms with van der Waals surface area (Å²) in [6, 6.07) is 2.45. The molecule has 0 bridgehead atoms. The molecule has 1 unspecified atom stereocenters.